The van der Waals surface area contributed by atoms with Crippen LogP contribution in [0, 0.1) is 5.41 Å². The van der Waals surface area contributed by atoms with Crippen molar-refractivity contribution in [2.45, 2.75) is 32.7 Å². The van der Waals surface area contributed by atoms with Gasteiger partial charge in [0, 0.05) is 32.5 Å². The molecule has 1 fully saturated rings. The first-order chi connectivity index (χ1) is 9.18. The molecule has 19 heavy (non-hydrogen) atoms. The number of piperidine rings is 1. The van der Waals surface area contributed by atoms with E-state index in [0.29, 0.717) is 6.54 Å². The molecule has 4 heteroatoms. The van der Waals surface area contributed by atoms with E-state index in [-0.39, 0.29) is 11.3 Å². The zero-order chi connectivity index (χ0) is 13.7. The molecule has 1 N–H and O–H groups in total. The van der Waals surface area contributed by atoms with Crippen LogP contribution in [-0.4, -0.2) is 35.9 Å². The number of hydrogen-bond donors (Lipinski definition) is 1. The summed E-state index contributed by atoms with van der Waals surface area (Å²) in [5.41, 5.74) is 0.864. The zero-order valence-corrected chi connectivity index (χ0v) is 11.9. The van der Waals surface area contributed by atoms with E-state index in [2.05, 4.69) is 17.2 Å². The second-order valence-electron chi connectivity index (χ2n) is 5.44. The van der Waals surface area contributed by atoms with E-state index in [0.717, 1.165) is 37.9 Å². The Balaban J connectivity index is 2.05. The van der Waals surface area contributed by atoms with Crippen molar-refractivity contribution in [1.82, 2.24) is 15.2 Å². The first-order valence-corrected chi connectivity index (χ1v) is 7.03. The van der Waals surface area contributed by atoms with Crippen molar-refractivity contribution in [3.05, 3.63) is 30.1 Å². The highest BCUT2D eigenvalue weighted by Crippen LogP contribution is 2.32. The van der Waals surface area contributed by atoms with Gasteiger partial charge in [0.15, 0.2) is 0 Å². The summed E-state index contributed by atoms with van der Waals surface area (Å²) in [5, 5.41) is 3.37. The van der Waals surface area contributed by atoms with Crippen molar-refractivity contribution in [2.75, 3.05) is 20.1 Å². The molecule has 2 rings (SSSR count). The Bertz CT molecular complexity index is 413. The normalized spacial score (nSPS) is 23.1. The molecule has 4 nitrogen and oxygen atoms in total. The number of pyridine rings is 1. The van der Waals surface area contributed by atoms with Crippen molar-refractivity contribution < 1.29 is 4.79 Å². The monoisotopic (exact) mass is 261 g/mol. The predicted molar refractivity (Wildman–Crippen MR) is 75.5 cm³/mol. The highest BCUT2D eigenvalue weighted by molar-refractivity contribution is 5.82. The topological polar surface area (TPSA) is 45.2 Å². The molecule has 0 aliphatic carbocycles. The summed E-state index contributed by atoms with van der Waals surface area (Å²) >= 11 is 0. The quantitative estimate of drug-likeness (QED) is 0.899. The fourth-order valence-electron chi connectivity index (χ4n) is 2.85. The lowest BCUT2D eigenvalue weighted by molar-refractivity contribution is -0.142. The molecule has 2 heterocycles. The molecule has 1 amide bonds. The largest absolute Gasteiger partial charge is 0.341 e. The van der Waals surface area contributed by atoms with Crippen molar-refractivity contribution in [1.29, 1.82) is 0 Å². The molecule has 0 saturated carbocycles. The molecule has 1 aliphatic rings. The predicted octanol–water partition coefficient (Wildman–Crippen LogP) is 1.82. The molecule has 104 valence electrons. The van der Waals surface area contributed by atoms with Gasteiger partial charge in [-0.2, -0.15) is 0 Å². The molecule has 0 radical (unpaired) electrons. The Kier molecular flexibility index (Phi) is 4.53. The number of amides is 1. The van der Waals surface area contributed by atoms with Crippen molar-refractivity contribution in [3.8, 4) is 0 Å². The summed E-state index contributed by atoms with van der Waals surface area (Å²) in [4.78, 5) is 18.7. The minimum Gasteiger partial charge on any atom is -0.341 e. The maximum atomic E-state index is 12.7. The van der Waals surface area contributed by atoms with E-state index in [1.54, 1.807) is 6.20 Å². The first-order valence-electron chi connectivity index (χ1n) is 7.03. The van der Waals surface area contributed by atoms with Crippen molar-refractivity contribution in [2.24, 2.45) is 5.41 Å². The molecule has 1 atom stereocenters. The van der Waals surface area contributed by atoms with Gasteiger partial charge in [-0.05, 0) is 37.4 Å². The van der Waals surface area contributed by atoms with Crippen LogP contribution < -0.4 is 5.32 Å². The van der Waals surface area contributed by atoms with Crippen LogP contribution >= 0.6 is 0 Å². The Morgan fingerprint density at radius 1 is 1.58 bits per heavy atom. The summed E-state index contributed by atoms with van der Waals surface area (Å²) in [6, 6.07) is 3.92. The highest BCUT2D eigenvalue weighted by Gasteiger charge is 2.39. The lowest BCUT2D eigenvalue weighted by Crippen LogP contribution is -2.50. The Hall–Kier alpha value is -1.42. The third-order valence-electron chi connectivity index (χ3n) is 4.09. The summed E-state index contributed by atoms with van der Waals surface area (Å²) in [6.45, 7) is 4.58. The molecular formula is C15H23N3O. The SMILES string of the molecule is CCC1(C(=O)N(C)Cc2cccnc2)CCCNC1. The van der Waals surface area contributed by atoms with Crippen LogP contribution in [0.3, 0.4) is 0 Å². The van der Waals surface area contributed by atoms with Crippen LogP contribution in [0.5, 0.6) is 0 Å². The molecule has 1 aromatic rings. The van der Waals surface area contributed by atoms with E-state index in [4.69, 9.17) is 0 Å². The van der Waals surface area contributed by atoms with Crippen molar-refractivity contribution in [3.63, 3.8) is 0 Å². The second-order valence-corrected chi connectivity index (χ2v) is 5.44. The number of nitrogens with zero attached hydrogens (tertiary/aromatic N) is 2. The van der Waals surface area contributed by atoms with E-state index >= 15 is 0 Å². The third-order valence-corrected chi connectivity index (χ3v) is 4.09. The van der Waals surface area contributed by atoms with Gasteiger partial charge >= 0.3 is 0 Å². The van der Waals surface area contributed by atoms with Gasteiger partial charge in [-0.3, -0.25) is 9.78 Å². The van der Waals surface area contributed by atoms with Gasteiger partial charge in [-0.25, -0.2) is 0 Å². The van der Waals surface area contributed by atoms with E-state index in [1.807, 2.05) is 30.3 Å². The van der Waals surface area contributed by atoms with Gasteiger partial charge in [-0.15, -0.1) is 0 Å². The lowest BCUT2D eigenvalue weighted by atomic mass is 9.77. The van der Waals surface area contributed by atoms with Gasteiger partial charge in [-0.1, -0.05) is 13.0 Å². The standard InChI is InChI=1S/C15H23N3O/c1-3-15(7-5-9-17-12-15)14(19)18(2)11-13-6-4-8-16-10-13/h4,6,8,10,17H,3,5,7,9,11-12H2,1-2H3. The molecule has 0 spiro atoms. The first kappa shape index (κ1) is 14.0. The molecule has 0 bridgehead atoms. The lowest BCUT2D eigenvalue weighted by Gasteiger charge is -2.38. The summed E-state index contributed by atoms with van der Waals surface area (Å²) < 4.78 is 0. The van der Waals surface area contributed by atoms with Crippen LogP contribution in [-0.2, 0) is 11.3 Å². The molecule has 1 saturated heterocycles. The number of nitrogens with one attached hydrogen (secondary N) is 1. The van der Waals surface area contributed by atoms with E-state index < -0.39 is 0 Å². The van der Waals surface area contributed by atoms with Crippen LogP contribution in [0.15, 0.2) is 24.5 Å². The summed E-state index contributed by atoms with van der Waals surface area (Å²) in [7, 11) is 1.89. The maximum absolute atomic E-state index is 12.7. The van der Waals surface area contributed by atoms with E-state index in [9.17, 15) is 4.79 Å². The Labute approximate surface area is 115 Å². The third kappa shape index (κ3) is 3.13. The minimum absolute atomic E-state index is 0.213. The van der Waals surface area contributed by atoms with E-state index in [1.165, 1.54) is 0 Å². The number of hydrogen-bond acceptors (Lipinski definition) is 3. The minimum atomic E-state index is -0.213. The fourth-order valence-corrected chi connectivity index (χ4v) is 2.85. The summed E-state index contributed by atoms with van der Waals surface area (Å²) in [6.07, 6.45) is 6.55. The maximum Gasteiger partial charge on any atom is 0.230 e. The Morgan fingerprint density at radius 2 is 2.42 bits per heavy atom. The zero-order valence-electron chi connectivity index (χ0n) is 11.9. The van der Waals surface area contributed by atoms with Crippen LogP contribution in [0.25, 0.3) is 0 Å². The van der Waals surface area contributed by atoms with Crippen LogP contribution in [0.1, 0.15) is 31.7 Å². The molecular weight excluding hydrogens is 238 g/mol. The molecule has 1 unspecified atom stereocenters. The van der Waals surface area contributed by atoms with Crippen LogP contribution in [0.2, 0.25) is 0 Å². The van der Waals surface area contributed by atoms with Crippen molar-refractivity contribution >= 4 is 5.91 Å². The fraction of sp³-hybridized carbons (Fsp3) is 0.600. The van der Waals surface area contributed by atoms with Gasteiger partial charge in [0.05, 0.1) is 5.41 Å². The molecule has 1 aliphatic heterocycles. The van der Waals surface area contributed by atoms with Gasteiger partial charge in [0.25, 0.3) is 0 Å². The smallest absolute Gasteiger partial charge is 0.230 e. The average Bonchev–Trinajstić information content (AvgIpc) is 2.48. The number of carbonyl (C=O) groups is 1. The average molecular weight is 261 g/mol. The highest BCUT2D eigenvalue weighted by atomic mass is 16.2. The van der Waals surface area contributed by atoms with Gasteiger partial charge in [0.2, 0.25) is 5.91 Å². The second kappa shape index (κ2) is 6.15. The summed E-state index contributed by atoms with van der Waals surface area (Å²) in [5.74, 6) is 0.256. The van der Waals surface area contributed by atoms with Gasteiger partial charge < -0.3 is 10.2 Å². The molecule has 1 aromatic heterocycles. The Morgan fingerprint density at radius 3 is 3.00 bits per heavy atom. The van der Waals surface area contributed by atoms with Crippen LogP contribution in [0.4, 0.5) is 0 Å². The van der Waals surface area contributed by atoms with Gasteiger partial charge in [0.1, 0.15) is 0 Å². The molecule has 0 aromatic carbocycles. The number of aromatic nitrogens is 1. The number of carbonyl (C=O) groups excluding carboxylic acids is 1. The number of rotatable bonds is 4.